The highest BCUT2D eigenvalue weighted by molar-refractivity contribution is 7.19. The molecular weight excluding hydrogens is 311 g/mol. The summed E-state index contributed by atoms with van der Waals surface area (Å²) < 4.78 is 1.29. The molecule has 0 spiro atoms. The van der Waals surface area contributed by atoms with Crippen molar-refractivity contribution in [3.8, 4) is 0 Å². The molecule has 0 aliphatic carbocycles. The molecule has 0 radical (unpaired) electrons. The van der Waals surface area contributed by atoms with E-state index in [1.165, 1.54) is 27.8 Å². The molecule has 1 aliphatic rings. The highest BCUT2D eigenvalue weighted by Crippen LogP contribution is 2.36. The maximum absolute atomic E-state index is 6.50. The van der Waals surface area contributed by atoms with Crippen molar-refractivity contribution in [2.24, 2.45) is 11.7 Å². The Kier molecular flexibility index (Phi) is 5.70. The van der Waals surface area contributed by atoms with Crippen molar-refractivity contribution in [2.45, 2.75) is 19.4 Å². The van der Waals surface area contributed by atoms with Gasteiger partial charge in [0.05, 0.1) is 5.02 Å². The van der Waals surface area contributed by atoms with Gasteiger partial charge in [-0.25, -0.2) is 0 Å². The van der Waals surface area contributed by atoms with Crippen molar-refractivity contribution < 1.29 is 0 Å². The van der Waals surface area contributed by atoms with Gasteiger partial charge in [0.15, 0.2) is 0 Å². The van der Waals surface area contributed by atoms with E-state index in [4.69, 9.17) is 17.3 Å². The summed E-state index contributed by atoms with van der Waals surface area (Å²) >= 11 is 8.32. The van der Waals surface area contributed by atoms with Gasteiger partial charge >= 0.3 is 0 Å². The average molecular weight is 331 g/mol. The highest BCUT2D eigenvalue weighted by Gasteiger charge is 2.20. The minimum absolute atomic E-state index is 0. The van der Waals surface area contributed by atoms with Crippen molar-refractivity contribution in [3.05, 3.63) is 34.2 Å². The van der Waals surface area contributed by atoms with Crippen molar-refractivity contribution >= 4 is 45.4 Å². The SMILES string of the molecule is Cl.NCC1CCN(Cc2sc3ccccc3c2Cl)CC1. The zero-order chi connectivity index (χ0) is 13.2. The maximum Gasteiger partial charge on any atom is 0.0637 e. The zero-order valence-corrected chi connectivity index (χ0v) is 13.7. The smallest absolute Gasteiger partial charge is 0.0637 e. The average Bonchev–Trinajstić information content (AvgIpc) is 2.77. The number of halogens is 2. The summed E-state index contributed by atoms with van der Waals surface area (Å²) in [5.74, 6) is 0.717. The fourth-order valence-electron chi connectivity index (χ4n) is 2.75. The minimum Gasteiger partial charge on any atom is -0.330 e. The molecule has 1 saturated heterocycles. The number of fused-ring (bicyclic) bond motifs is 1. The number of rotatable bonds is 3. The number of hydrogen-bond donors (Lipinski definition) is 1. The van der Waals surface area contributed by atoms with Crippen LogP contribution in [0.2, 0.25) is 5.02 Å². The zero-order valence-electron chi connectivity index (χ0n) is 11.3. The molecule has 3 rings (SSSR count). The van der Waals surface area contributed by atoms with Gasteiger partial charge in [-0.1, -0.05) is 29.8 Å². The summed E-state index contributed by atoms with van der Waals surface area (Å²) in [6.45, 7) is 4.10. The van der Waals surface area contributed by atoms with Gasteiger partial charge in [-0.3, -0.25) is 4.90 Å². The van der Waals surface area contributed by atoms with Crippen LogP contribution < -0.4 is 5.73 Å². The van der Waals surface area contributed by atoms with Crippen LogP contribution in [0.15, 0.2) is 24.3 Å². The predicted octanol–water partition coefficient (Wildman–Crippen LogP) is 4.15. The molecule has 0 atom stereocenters. The number of hydrogen-bond acceptors (Lipinski definition) is 3. The van der Waals surface area contributed by atoms with Gasteiger partial charge in [0.25, 0.3) is 0 Å². The Morgan fingerprint density at radius 3 is 2.60 bits per heavy atom. The van der Waals surface area contributed by atoms with Gasteiger partial charge in [-0.2, -0.15) is 0 Å². The topological polar surface area (TPSA) is 29.3 Å². The second kappa shape index (κ2) is 7.10. The number of thiophene rings is 1. The predicted molar refractivity (Wildman–Crippen MR) is 91.1 cm³/mol. The lowest BCUT2D eigenvalue weighted by Gasteiger charge is -2.30. The molecule has 1 aliphatic heterocycles. The van der Waals surface area contributed by atoms with Crippen LogP contribution in [-0.2, 0) is 6.54 Å². The van der Waals surface area contributed by atoms with Crippen LogP contribution in [0.3, 0.4) is 0 Å². The fraction of sp³-hybridized carbons (Fsp3) is 0.467. The van der Waals surface area contributed by atoms with E-state index in [-0.39, 0.29) is 12.4 Å². The van der Waals surface area contributed by atoms with Crippen molar-refractivity contribution in [1.82, 2.24) is 4.90 Å². The van der Waals surface area contributed by atoms with Crippen LogP contribution in [0.5, 0.6) is 0 Å². The molecule has 2 nitrogen and oxygen atoms in total. The fourth-order valence-corrected chi connectivity index (χ4v) is 4.28. The highest BCUT2D eigenvalue weighted by atomic mass is 35.5. The summed E-state index contributed by atoms with van der Waals surface area (Å²) in [5, 5.41) is 2.14. The molecule has 0 saturated carbocycles. The minimum atomic E-state index is 0. The van der Waals surface area contributed by atoms with Gasteiger partial charge in [-0.15, -0.1) is 23.7 Å². The number of likely N-dealkylation sites (tertiary alicyclic amines) is 1. The number of benzene rings is 1. The van der Waals surface area contributed by atoms with Crippen molar-refractivity contribution in [1.29, 1.82) is 0 Å². The molecule has 1 aromatic heterocycles. The summed E-state index contributed by atoms with van der Waals surface area (Å²) in [5.41, 5.74) is 5.74. The number of nitrogens with zero attached hydrogens (tertiary/aromatic N) is 1. The van der Waals surface area contributed by atoms with Crippen LogP contribution in [0.25, 0.3) is 10.1 Å². The quantitative estimate of drug-likeness (QED) is 0.916. The van der Waals surface area contributed by atoms with Gasteiger partial charge in [0.1, 0.15) is 0 Å². The van der Waals surface area contributed by atoms with Gasteiger partial charge < -0.3 is 5.73 Å². The van der Waals surface area contributed by atoms with E-state index in [1.54, 1.807) is 0 Å². The first-order valence-electron chi connectivity index (χ1n) is 6.86. The van der Waals surface area contributed by atoms with Crippen LogP contribution in [0.4, 0.5) is 0 Å². The van der Waals surface area contributed by atoms with Crippen molar-refractivity contribution in [3.63, 3.8) is 0 Å². The first-order chi connectivity index (χ1) is 9.28. The molecule has 20 heavy (non-hydrogen) atoms. The van der Waals surface area contributed by atoms with Crippen LogP contribution in [-0.4, -0.2) is 24.5 Å². The van der Waals surface area contributed by atoms with E-state index in [0.29, 0.717) is 5.92 Å². The summed E-state index contributed by atoms with van der Waals surface area (Å²) in [4.78, 5) is 3.80. The molecule has 0 amide bonds. The summed E-state index contributed by atoms with van der Waals surface area (Å²) in [6, 6.07) is 8.39. The third-order valence-electron chi connectivity index (χ3n) is 4.01. The van der Waals surface area contributed by atoms with Gasteiger partial charge in [0, 0.05) is 21.5 Å². The Hall–Kier alpha value is -0.320. The number of piperidine rings is 1. The Morgan fingerprint density at radius 1 is 1.25 bits per heavy atom. The summed E-state index contributed by atoms with van der Waals surface area (Å²) in [6.07, 6.45) is 2.44. The van der Waals surface area contributed by atoms with E-state index in [2.05, 4.69) is 29.2 Å². The Morgan fingerprint density at radius 2 is 1.95 bits per heavy atom. The van der Waals surface area contributed by atoms with Gasteiger partial charge in [0.2, 0.25) is 0 Å². The van der Waals surface area contributed by atoms with E-state index >= 15 is 0 Å². The molecule has 1 fully saturated rings. The molecule has 0 bridgehead atoms. The maximum atomic E-state index is 6.50. The molecule has 110 valence electrons. The molecule has 5 heteroatoms. The molecule has 2 aromatic rings. The third-order valence-corrected chi connectivity index (χ3v) is 5.71. The van der Waals surface area contributed by atoms with Gasteiger partial charge in [-0.05, 0) is 44.5 Å². The molecule has 1 aromatic carbocycles. The normalized spacial score (nSPS) is 17.3. The molecule has 0 unspecified atom stereocenters. The lowest BCUT2D eigenvalue weighted by molar-refractivity contribution is 0.182. The second-order valence-electron chi connectivity index (χ2n) is 5.29. The standard InChI is InChI=1S/C15H19ClN2S.ClH/c16-15-12-3-1-2-4-13(12)19-14(15)10-18-7-5-11(9-17)6-8-18;/h1-4,11H,5-10,17H2;1H. The van der Waals surface area contributed by atoms with E-state index < -0.39 is 0 Å². The Bertz CT molecular complexity index is 562. The van der Waals surface area contributed by atoms with Crippen LogP contribution >= 0.6 is 35.3 Å². The largest absolute Gasteiger partial charge is 0.330 e. The van der Waals surface area contributed by atoms with E-state index in [0.717, 1.165) is 31.2 Å². The Balaban J connectivity index is 0.00000147. The molecule has 2 heterocycles. The molecule has 2 N–H and O–H groups in total. The van der Waals surface area contributed by atoms with E-state index in [1.807, 2.05) is 11.3 Å². The van der Waals surface area contributed by atoms with Crippen LogP contribution in [0.1, 0.15) is 17.7 Å². The van der Waals surface area contributed by atoms with E-state index in [9.17, 15) is 0 Å². The lowest BCUT2D eigenvalue weighted by atomic mass is 9.97. The molecular formula is C15H20Cl2N2S. The van der Waals surface area contributed by atoms with Crippen molar-refractivity contribution in [2.75, 3.05) is 19.6 Å². The lowest BCUT2D eigenvalue weighted by Crippen LogP contribution is -2.35. The first-order valence-corrected chi connectivity index (χ1v) is 8.05. The Labute approximate surface area is 135 Å². The first kappa shape index (κ1) is 16.1. The second-order valence-corrected chi connectivity index (χ2v) is 6.81. The van der Waals surface area contributed by atoms with Crippen LogP contribution in [0, 0.1) is 5.92 Å². The monoisotopic (exact) mass is 330 g/mol. The number of nitrogens with two attached hydrogens (primary N) is 1. The summed E-state index contributed by atoms with van der Waals surface area (Å²) in [7, 11) is 0. The third kappa shape index (κ3) is 3.29.